The molecule has 2 heterocycles. The molecule has 0 aliphatic carbocycles. The van der Waals surface area contributed by atoms with Gasteiger partial charge in [-0.2, -0.15) is 0 Å². The van der Waals surface area contributed by atoms with Gasteiger partial charge in [-0.1, -0.05) is 49.2 Å². The van der Waals surface area contributed by atoms with Gasteiger partial charge in [0.05, 0.1) is 12.8 Å². The first-order valence-corrected chi connectivity index (χ1v) is 12.6. The summed E-state index contributed by atoms with van der Waals surface area (Å²) >= 11 is 0. The third-order valence-corrected chi connectivity index (χ3v) is 7.14. The number of hydrogen-bond donors (Lipinski definition) is 1. The van der Waals surface area contributed by atoms with Gasteiger partial charge in [0.1, 0.15) is 11.8 Å². The summed E-state index contributed by atoms with van der Waals surface area (Å²) in [7, 11) is 1.61. The Labute approximate surface area is 203 Å². The van der Waals surface area contributed by atoms with Crippen LogP contribution >= 0.6 is 0 Å². The minimum absolute atomic E-state index is 0.0608. The van der Waals surface area contributed by atoms with E-state index in [2.05, 4.69) is 15.1 Å². The first-order chi connectivity index (χ1) is 16.6. The van der Waals surface area contributed by atoms with Crippen molar-refractivity contribution in [2.24, 2.45) is 5.92 Å². The third kappa shape index (κ3) is 5.79. The Bertz CT molecular complexity index is 962. The van der Waals surface area contributed by atoms with E-state index in [1.165, 1.54) is 12.8 Å². The minimum atomic E-state index is -0.416. The molecule has 1 unspecified atom stereocenters. The van der Waals surface area contributed by atoms with Crippen molar-refractivity contribution in [1.82, 2.24) is 9.80 Å². The van der Waals surface area contributed by atoms with Crippen molar-refractivity contribution in [3.05, 3.63) is 59.7 Å². The Hall–Kier alpha value is -2.86. The van der Waals surface area contributed by atoms with E-state index in [9.17, 15) is 9.59 Å². The van der Waals surface area contributed by atoms with Gasteiger partial charge < -0.3 is 15.0 Å². The highest BCUT2D eigenvalue weighted by Gasteiger charge is 2.35. The first-order valence-electron chi connectivity index (χ1n) is 12.6. The second-order valence-electron chi connectivity index (χ2n) is 9.56. The van der Waals surface area contributed by atoms with Gasteiger partial charge >= 0.3 is 0 Å². The Morgan fingerprint density at radius 3 is 2.26 bits per heavy atom. The van der Waals surface area contributed by atoms with E-state index in [1.54, 1.807) is 7.11 Å². The highest BCUT2D eigenvalue weighted by Crippen LogP contribution is 2.31. The normalized spacial score (nSPS) is 18.7. The largest absolute Gasteiger partial charge is 0.495 e. The second-order valence-corrected chi connectivity index (χ2v) is 9.56. The van der Waals surface area contributed by atoms with Crippen molar-refractivity contribution in [1.29, 1.82) is 0 Å². The number of anilines is 1. The minimum Gasteiger partial charge on any atom is -0.495 e. The van der Waals surface area contributed by atoms with Gasteiger partial charge in [0.2, 0.25) is 11.8 Å². The number of amides is 2. The fraction of sp³-hybridized carbons (Fsp3) is 0.500. The second kappa shape index (κ2) is 11.5. The number of hydrogen-bond acceptors (Lipinski definition) is 4. The average molecular weight is 464 g/mol. The van der Waals surface area contributed by atoms with Crippen molar-refractivity contribution in [3.63, 3.8) is 0 Å². The van der Waals surface area contributed by atoms with Gasteiger partial charge in [-0.15, -0.1) is 0 Å². The molecule has 0 saturated carbocycles. The number of piperidine rings is 1. The van der Waals surface area contributed by atoms with E-state index in [4.69, 9.17) is 4.74 Å². The van der Waals surface area contributed by atoms with Crippen LogP contribution in [0.5, 0.6) is 5.75 Å². The van der Waals surface area contributed by atoms with Crippen LogP contribution in [0.25, 0.3) is 0 Å². The van der Waals surface area contributed by atoms with Crippen LogP contribution in [0.3, 0.4) is 0 Å². The van der Waals surface area contributed by atoms with E-state index >= 15 is 0 Å². The molecule has 4 rings (SSSR count). The molecule has 2 aromatic rings. The molecule has 0 spiro atoms. The van der Waals surface area contributed by atoms with Crippen LogP contribution in [0.2, 0.25) is 0 Å². The molecule has 34 heavy (non-hydrogen) atoms. The molecule has 1 atom stereocenters. The number of benzene rings is 2. The smallest absolute Gasteiger partial charge is 0.246 e. The molecule has 2 aromatic carbocycles. The lowest BCUT2D eigenvalue weighted by Crippen LogP contribution is -2.46. The number of carbonyl (C=O) groups is 2. The zero-order valence-corrected chi connectivity index (χ0v) is 20.5. The number of carbonyl (C=O) groups excluding carboxylic acids is 2. The van der Waals surface area contributed by atoms with E-state index in [0.29, 0.717) is 17.3 Å². The average Bonchev–Trinajstić information content (AvgIpc) is 3.15. The predicted octanol–water partition coefficient (Wildman–Crippen LogP) is 4.80. The van der Waals surface area contributed by atoms with E-state index in [1.807, 2.05) is 55.5 Å². The van der Waals surface area contributed by atoms with Crippen molar-refractivity contribution < 1.29 is 14.3 Å². The summed E-state index contributed by atoms with van der Waals surface area (Å²) in [4.78, 5) is 31.1. The van der Waals surface area contributed by atoms with Crippen molar-refractivity contribution in [2.45, 2.75) is 51.5 Å². The van der Waals surface area contributed by atoms with Crippen molar-refractivity contribution in [3.8, 4) is 5.75 Å². The first kappa shape index (κ1) is 24.3. The summed E-state index contributed by atoms with van der Waals surface area (Å²) in [6.45, 7) is 5.24. The Balaban J connectivity index is 1.47. The Morgan fingerprint density at radius 2 is 1.62 bits per heavy atom. The number of nitrogens with zero attached hydrogens (tertiary/aromatic N) is 2. The summed E-state index contributed by atoms with van der Waals surface area (Å²) in [5.74, 6) is 0.942. The Kier molecular flexibility index (Phi) is 8.22. The summed E-state index contributed by atoms with van der Waals surface area (Å²) in [6, 6.07) is 15.3. The number of rotatable bonds is 6. The van der Waals surface area contributed by atoms with Crippen LogP contribution in [0, 0.1) is 12.8 Å². The molecule has 6 nitrogen and oxygen atoms in total. The summed E-state index contributed by atoms with van der Waals surface area (Å²) in [5.41, 5.74) is 2.70. The molecule has 0 aromatic heterocycles. The zero-order chi connectivity index (χ0) is 23.9. The lowest BCUT2D eigenvalue weighted by atomic mass is 9.92. The molecular formula is C28H37N3O3. The van der Waals surface area contributed by atoms with Gasteiger partial charge in [-0.05, 0) is 69.0 Å². The molecule has 0 radical (unpaired) electrons. The molecule has 6 heteroatoms. The van der Waals surface area contributed by atoms with Crippen LogP contribution in [0.1, 0.15) is 55.7 Å². The monoisotopic (exact) mass is 463 g/mol. The van der Waals surface area contributed by atoms with Gasteiger partial charge in [0.25, 0.3) is 0 Å². The lowest BCUT2D eigenvalue weighted by molar-refractivity contribution is -0.137. The lowest BCUT2D eigenvalue weighted by Gasteiger charge is -2.38. The Morgan fingerprint density at radius 1 is 0.941 bits per heavy atom. The fourth-order valence-electron chi connectivity index (χ4n) is 5.24. The highest BCUT2D eigenvalue weighted by atomic mass is 16.5. The molecule has 0 bridgehead atoms. The van der Waals surface area contributed by atoms with Gasteiger partial charge in [-0.25, -0.2) is 0 Å². The quantitative estimate of drug-likeness (QED) is 0.669. The molecule has 2 saturated heterocycles. The summed E-state index contributed by atoms with van der Waals surface area (Å²) in [6.07, 6.45) is 6.26. The molecular weight excluding hydrogens is 426 g/mol. The molecule has 182 valence electrons. The molecule has 1 N–H and O–H groups in total. The topological polar surface area (TPSA) is 61.9 Å². The number of nitrogens with one attached hydrogen (secondary N) is 1. The van der Waals surface area contributed by atoms with Crippen LogP contribution < -0.4 is 10.1 Å². The highest BCUT2D eigenvalue weighted by molar-refractivity contribution is 5.97. The maximum atomic E-state index is 13.6. The maximum Gasteiger partial charge on any atom is 0.246 e. The number of likely N-dealkylation sites (tertiary alicyclic amines) is 2. The van der Waals surface area contributed by atoms with Gasteiger partial charge in [0.15, 0.2) is 0 Å². The standard InChI is InChI=1S/C28H37N3O3/c1-21-12-13-25(34-2)24(20-21)29-27(32)26(22-10-6-5-7-11-22)30-18-14-23(15-19-30)28(33)31-16-8-3-4-9-17-31/h5-7,10-13,20,23,26H,3-4,8-9,14-19H2,1-2H3,(H,29,32). The molecule has 2 aliphatic rings. The maximum absolute atomic E-state index is 13.6. The molecule has 2 aliphatic heterocycles. The molecule has 2 fully saturated rings. The van der Waals surface area contributed by atoms with E-state index < -0.39 is 6.04 Å². The van der Waals surface area contributed by atoms with Crippen LogP contribution in [0.15, 0.2) is 48.5 Å². The van der Waals surface area contributed by atoms with Crippen molar-refractivity contribution >= 4 is 17.5 Å². The van der Waals surface area contributed by atoms with Gasteiger partial charge in [0, 0.05) is 19.0 Å². The van der Waals surface area contributed by atoms with Crippen LogP contribution in [-0.4, -0.2) is 54.9 Å². The van der Waals surface area contributed by atoms with Crippen LogP contribution in [-0.2, 0) is 9.59 Å². The summed E-state index contributed by atoms with van der Waals surface area (Å²) < 4.78 is 5.47. The fourth-order valence-corrected chi connectivity index (χ4v) is 5.24. The predicted molar refractivity (Wildman–Crippen MR) is 135 cm³/mol. The number of ether oxygens (including phenoxy) is 1. The third-order valence-electron chi connectivity index (χ3n) is 7.14. The molecule has 2 amide bonds. The zero-order valence-electron chi connectivity index (χ0n) is 20.5. The van der Waals surface area contributed by atoms with Crippen molar-refractivity contribution in [2.75, 3.05) is 38.6 Å². The van der Waals surface area contributed by atoms with E-state index in [0.717, 1.165) is 63.0 Å². The van der Waals surface area contributed by atoms with Crippen LogP contribution in [0.4, 0.5) is 5.69 Å². The number of methoxy groups -OCH3 is 1. The SMILES string of the molecule is COc1ccc(C)cc1NC(=O)C(c1ccccc1)N1CCC(C(=O)N2CCCCCC2)CC1. The number of aryl methyl sites for hydroxylation is 1. The summed E-state index contributed by atoms with van der Waals surface area (Å²) in [5, 5.41) is 3.11. The van der Waals surface area contributed by atoms with E-state index in [-0.39, 0.29) is 11.8 Å². The van der Waals surface area contributed by atoms with Gasteiger partial charge in [-0.3, -0.25) is 14.5 Å².